The fourth-order valence-corrected chi connectivity index (χ4v) is 3.57. The molecule has 114 valence electrons. The Bertz CT molecular complexity index is 534. The van der Waals surface area contributed by atoms with E-state index in [4.69, 9.17) is 4.98 Å². The van der Waals surface area contributed by atoms with Crippen LogP contribution in [0.2, 0.25) is 0 Å². The van der Waals surface area contributed by atoms with Crippen LogP contribution in [-0.2, 0) is 12.8 Å². The summed E-state index contributed by atoms with van der Waals surface area (Å²) < 4.78 is 0. The normalized spacial score (nSPS) is 19.4. The van der Waals surface area contributed by atoms with Gasteiger partial charge in [-0.1, -0.05) is 13.3 Å². The molecule has 2 aliphatic rings. The molecule has 0 bridgehead atoms. The standard InChI is InChI=1S/C17H24N2O2/c1-2-12-7-9-19(10-8-12)16-14(17(20)21)11-13-5-3-4-6-15(13)18-16/h11-12H,2-10H2,1H3,(H,20,21). The Hall–Kier alpha value is -1.58. The number of nitrogens with zero attached hydrogens (tertiary/aromatic N) is 2. The second-order valence-corrected chi connectivity index (χ2v) is 6.32. The van der Waals surface area contributed by atoms with Gasteiger partial charge in [-0.25, -0.2) is 9.78 Å². The third-order valence-electron chi connectivity index (χ3n) is 5.00. The first-order valence-electron chi connectivity index (χ1n) is 8.20. The zero-order valence-corrected chi connectivity index (χ0v) is 12.8. The van der Waals surface area contributed by atoms with Gasteiger partial charge in [-0.3, -0.25) is 0 Å². The van der Waals surface area contributed by atoms with Gasteiger partial charge in [0.15, 0.2) is 0 Å². The number of aromatic carboxylic acids is 1. The molecule has 0 amide bonds. The minimum atomic E-state index is -0.844. The van der Waals surface area contributed by atoms with Crippen molar-refractivity contribution >= 4 is 11.8 Å². The average Bonchev–Trinajstić information content (AvgIpc) is 2.53. The van der Waals surface area contributed by atoms with Crippen LogP contribution in [0.25, 0.3) is 0 Å². The number of fused-ring (bicyclic) bond motifs is 1. The van der Waals surface area contributed by atoms with Crippen LogP contribution in [-0.4, -0.2) is 29.1 Å². The number of aryl methyl sites for hydroxylation is 2. The predicted octanol–water partition coefficient (Wildman–Crippen LogP) is 3.29. The number of aromatic nitrogens is 1. The van der Waals surface area contributed by atoms with Crippen molar-refractivity contribution in [2.24, 2.45) is 5.92 Å². The highest BCUT2D eigenvalue weighted by molar-refractivity contribution is 5.93. The van der Waals surface area contributed by atoms with Gasteiger partial charge in [0, 0.05) is 18.8 Å². The first-order valence-corrected chi connectivity index (χ1v) is 8.20. The van der Waals surface area contributed by atoms with Crippen molar-refractivity contribution in [1.82, 2.24) is 4.98 Å². The summed E-state index contributed by atoms with van der Waals surface area (Å²) in [6, 6.07) is 1.88. The Morgan fingerprint density at radius 1 is 1.33 bits per heavy atom. The number of piperidine rings is 1. The van der Waals surface area contributed by atoms with E-state index in [1.807, 2.05) is 6.07 Å². The zero-order chi connectivity index (χ0) is 14.8. The van der Waals surface area contributed by atoms with Gasteiger partial charge >= 0.3 is 5.97 Å². The topological polar surface area (TPSA) is 53.4 Å². The molecule has 4 heteroatoms. The van der Waals surface area contributed by atoms with E-state index in [0.29, 0.717) is 11.4 Å². The lowest BCUT2D eigenvalue weighted by molar-refractivity contribution is 0.0697. The van der Waals surface area contributed by atoms with E-state index in [9.17, 15) is 9.90 Å². The monoisotopic (exact) mass is 288 g/mol. The van der Waals surface area contributed by atoms with E-state index in [1.54, 1.807) is 0 Å². The molecular weight excluding hydrogens is 264 g/mol. The maximum Gasteiger partial charge on any atom is 0.339 e. The number of hydrogen-bond donors (Lipinski definition) is 1. The number of carboxylic acid groups (broad SMARTS) is 1. The Balaban J connectivity index is 1.91. The average molecular weight is 288 g/mol. The molecule has 1 aliphatic carbocycles. The van der Waals surface area contributed by atoms with Crippen molar-refractivity contribution in [3.63, 3.8) is 0 Å². The Labute approximate surface area is 126 Å². The van der Waals surface area contributed by atoms with Crippen molar-refractivity contribution in [3.8, 4) is 0 Å². The van der Waals surface area contributed by atoms with Gasteiger partial charge < -0.3 is 10.0 Å². The summed E-state index contributed by atoms with van der Waals surface area (Å²) in [5.41, 5.74) is 2.66. The van der Waals surface area contributed by atoms with Gasteiger partial charge in [-0.2, -0.15) is 0 Å². The molecule has 1 N–H and O–H groups in total. The molecule has 4 nitrogen and oxygen atoms in total. The molecule has 0 saturated carbocycles. The molecule has 0 unspecified atom stereocenters. The quantitative estimate of drug-likeness (QED) is 0.927. The fourth-order valence-electron chi connectivity index (χ4n) is 3.57. The van der Waals surface area contributed by atoms with Crippen molar-refractivity contribution in [2.45, 2.75) is 51.9 Å². The molecule has 0 radical (unpaired) electrons. The first-order chi connectivity index (χ1) is 10.2. The van der Waals surface area contributed by atoms with Gasteiger partial charge in [0.05, 0.1) is 0 Å². The smallest absolute Gasteiger partial charge is 0.339 e. The minimum absolute atomic E-state index is 0.394. The number of carbonyl (C=O) groups is 1. The van der Waals surface area contributed by atoms with Crippen LogP contribution in [0.4, 0.5) is 5.82 Å². The highest BCUT2D eigenvalue weighted by atomic mass is 16.4. The second-order valence-electron chi connectivity index (χ2n) is 6.32. The van der Waals surface area contributed by atoms with Crippen molar-refractivity contribution in [2.75, 3.05) is 18.0 Å². The molecule has 0 aromatic carbocycles. The van der Waals surface area contributed by atoms with Gasteiger partial charge in [-0.15, -0.1) is 0 Å². The van der Waals surface area contributed by atoms with Gasteiger partial charge in [0.1, 0.15) is 11.4 Å². The maximum absolute atomic E-state index is 11.6. The van der Waals surface area contributed by atoms with Crippen LogP contribution in [0.1, 0.15) is 60.6 Å². The number of carboxylic acids is 1. The molecule has 21 heavy (non-hydrogen) atoms. The summed E-state index contributed by atoms with van der Waals surface area (Å²) in [6.45, 7) is 4.11. The number of anilines is 1. The van der Waals surface area contributed by atoms with E-state index >= 15 is 0 Å². The van der Waals surface area contributed by atoms with Crippen molar-refractivity contribution in [1.29, 1.82) is 0 Å². The Kier molecular flexibility index (Phi) is 4.13. The van der Waals surface area contributed by atoms with Crippen LogP contribution in [0.15, 0.2) is 6.07 Å². The van der Waals surface area contributed by atoms with Crippen LogP contribution in [0, 0.1) is 5.92 Å². The van der Waals surface area contributed by atoms with Gasteiger partial charge in [-0.05, 0) is 56.1 Å². The largest absolute Gasteiger partial charge is 0.478 e. The fraction of sp³-hybridized carbons (Fsp3) is 0.647. The molecule has 0 spiro atoms. The summed E-state index contributed by atoms with van der Waals surface area (Å²) in [4.78, 5) is 18.5. The summed E-state index contributed by atoms with van der Waals surface area (Å²) >= 11 is 0. The Morgan fingerprint density at radius 2 is 2.05 bits per heavy atom. The first kappa shape index (κ1) is 14.4. The van der Waals surface area contributed by atoms with Crippen LogP contribution in [0.3, 0.4) is 0 Å². The van der Waals surface area contributed by atoms with Crippen LogP contribution < -0.4 is 4.90 Å². The summed E-state index contributed by atoms with van der Waals surface area (Å²) in [6.07, 6.45) is 7.80. The summed E-state index contributed by atoms with van der Waals surface area (Å²) in [5.74, 6) is 0.647. The lowest BCUT2D eigenvalue weighted by Gasteiger charge is -2.33. The van der Waals surface area contributed by atoms with Gasteiger partial charge in [0.2, 0.25) is 0 Å². The lowest BCUT2D eigenvalue weighted by atomic mass is 9.92. The molecule has 0 atom stereocenters. The van der Waals surface area contributed by atoms with E-state index in [0.717, 1.165) is 62.4 Å². The molecule has 1 aliphatic heterocycles. The number of hydrogen-bond acceptors (Lipinski definition) is 3. The SMILES string of the molecule is CCC1CCN(c2nc3c(cc2C(=O)O)CCCC3)CC1. The molecule has 1 fully saturated rings. The lowest BCUT2D eigenvalue weighted by Crippen LogP contribution is -2.35. The number of rotatable bonds is 3. The molecular formula is C17H24N2O2. The Morgan fingerprint density at radius 3 is 2.71 bits per heavy atom. The minimum Gasteiger partial charge on any atom is -0.478 e. The van der Waals surface area contributed by atoms with Crippen molar-refractivity contribution < 1.29 is 9.90 Å². The highest BCUT2D eigenvalue weighted by Gasteiger charge is 2.25. The third kappa shape index (κ3) is 2.89. The van der Waals surface area contributed by atoms with Gasteiger partial charge in [0.25, 0.3) is 0 Å². The summed E-state index contributed by atoms with van der Waals surface area (Å²) in [5, 5.41) is 9.53. The number of pyridine rings is 1. The van der Waals surface area contributed by atoms with Crippen LogP contribution in [0.5, 0.6) is 0 Å². The van der Waals surface area contributed by atoms with Crippen LogP contribution >= 0.6 is 0 Å². The molecule has 1 aromatic heterocycles. The zero-order valence-electron chi connectivity index (χ0n) is 12.8. The van der Waals surface area contributed by atoms with E-state index in [2.05, 4.69) is 11.8 Å². The summed E-state index contributed by atoms with van der Waals surface area (Å²) in [7, 11) is 0. The van der Waals surface area contributed by atoms with E-state index < -0.39 is 5.97 Å². The highest BCUT2D eigenvalue weighted by Crippen LogP contribution is 2.30. The molecule has 3 rings (SSSR count). The molecule has 2 heterocycles. The molecule has 1 saturated heterocycles. The molecule has 1 aromatic rings. The van der Waals surface area contributed by atoms with E-state index in [1.165, 1.54) is 12.8 Å². The third-order valence-corrected chi connectivity index (χ3v) is 5.00. The second kappa shape index (κ2) is 6.04. The van der Waals surface area contributed by atoms with E-state index in [-0.39, 0.29) is 0 Å². The predicted molar refractivity (Wildman–Crippen MR) is 83.1 cm³/mol. The maximum atomic E-state index is 11.6. The van der Waals surface area contributed by atoms with Crippen molar-refractivity contribution in [3.05, 3.63) is 22.9 Å².